The van der Waals surface area contributed by atoms with E-state index in [0.717, 1.165) is 38.8 Å². The van der Waals surface area contributed by atoms with Crippen LogP contribution in [0.25, 0.3) is 0 Å². The fourth-order valence-electron chi connectivity index (χ4n) is 4.87. The van der Waals surface area contributed by atoms with E-state index in [1.807, 2.05) is 4.90 Å². The predicted molar refractivity (Wildman–Crippen MR) is 108 cm³/mol. The largest absolute Gasteiger partial charge is 0.342 e. The van der Waals surface area contributed by atoms with E-state index in [1.165, 1.54) is 12.1 Å². The molecule has 1 aliphatic carbocycles. The third-order valence-electron chi connectivity index (χ3n) is 6.40. The maximum atomic E-state index is 13.8. The van der Waals surface area contributed by atoms with Crippen LogP contribution < -0.4 is 11.1 Å². The van der Waals surface area contributed by atoms with E-state index in [-0.39, 0.29) is 42.0 Å². The van der Waals surface area contributed by atoms with Crippen LogP contribution in [-0.2, 0) is 4.79 Å². The molecular formula is C20H28ClFN4O2. The number of para-hydroxylation sites is 1. The summed E-state index contributed by atoms with van der Waals surface area (Å²) in [5, 5.41) is 2.62. The first kappa shape index (κ1) is 20.9. The van der Waals surface area contributed by atoms with Crippen LogP contribution in [0.1, 0.15) is 25.7 Å². The number of carbonyl (C=O) groups excluding carboxylic acids is 2. The van der Waals surface area contributed by atoms with E-state index in [1.54, 1.807) is 17.0 Å². The molecule has 1 saturated carbocycles. The fourth-order valence-corrected chi connectivity index (χ4v) is 4.87. The van der Waals surface area contributed by atoms with Crippen LogP contribution in [0, 0.1) is 23.6 Å². The molecule has 6 nitrogen and oxygen atoms in total. The monoisotopic (exact) mass is 410 g/mol. The molecule has 4 atom stereocenters. The number of nitrogens with zero attached hydrogens (tertiary/aromatic N) is 2. The SMILES string of the molecule is Cl.NC1CCC2CN(C(=O)C3CCCN(C(=O)Nc4ccccc4F)C3)CC12. The molecule has 1 aromatic rings. The molecule has 3 aliphatic rings. The van der Waals surface area contributed by atoms with Gasteiger partial charge in [-0.05, 0) is 49.7 Å². The Bertz CT molecular complexity index is 734. The molecule has 0 aromatic heterocycles. The van der Waals surface area contributed by atoms with Crippen LogP contribution >= 0.6 is 12.4 Å². The molecule has 8 heteroatoms. The number of rotatable bonds is 2. The van der Waals surface area contributed by atoms with E-state index >= 15 is 0 Å². The minimum absolute atomic E-state index is 0. The molecule has 3 fully saturated rings. The third kappa shape index (κ3) is 4.10. The van der Waals surface area contributed by atoms with Gasteiger partial charge < -0.3 is 20.9 Å². The molecule has 0 spiro atoms. The summed E-state index contributed by atoms with van der Waals surface area (Å²) in [6.07, 6.45) is 3.74. The van der Waals surface area contributed by atoms with Crippen molar-refractivity contribution in [2.45, 2.75) is 31.7 Å². The predicted octanol–water partition coefficient (Wildman–Crippen LogP) is 2.69. The topological polar surface area (TPSA) is 78.7 Å². The molecule has 0 radical (unpaired) electrons. The summed E-state index contributed by atoms with van der Waals surface area (Å²) in [6, 6.07) is 5.97. The zero-order valence-electron chi connectivity index (χ0n) is 15.9. The number of nitrogens with one attached hydrogen (secondary N) is 1. The Balaban J connectivity index is 0.00000225. The number of anilines is 1. The molecule has 2 saturated heterocycles. The van der Waals surface area contributed by atoms with Gasteiger partial charge in [0.15, 0.2) is 0 Å². The van der Waals surface area contributed by atoms with Crippen molar-refractivity contribution in [1.29, 1.82) is 0 Å². The van der Waals surface area contributed by atoms with Crippen LogP contribution in [0.5, 0.6) is 0 Å². The molecule has 0 bridgehead atoms. The van der Waals surface area contributed by atoms with E-state index in [4.69, 9.17) is 5.73 Å². The van der Waals surface area contributed by atoms with E-state index < -0.39 is 5.82 Å². The molecule has 154 valence electrons. The number of piperidine rings is 1. The summed E-state index contributed by atoms with van der Waals surface area (Å²) in [5.41, 5.74) is 6.34. The van der Waals surface area contributed by atoms with Crippen molar-refractivity contribution in [2.24, 2.45) is 23.5 Å². The first-order valence-corrected chi connectivity index (χ1v) is 9.87. The number of fused-ring (bicyclic) bond motifs is 1. The summed E-state index contributed by atoms with van der Waals surface area (Å²) >= 11 is 0. The standard InChI is InChI=1S/C20H27FN4O2.ClH/c21-16-5-1-2-6-18(16)23-20(27)24-9-3-4-14(11-24)19(26)25-10-13-7-8-17(22)15(13)12-25;/h1-2,5-6,13-15,17H,3-4,7-12,22H2,(H,23,27);1H. The number of carbonyl (C=O) groups is 2. The number of nitrogens with two attached hydrogens (primary N) is 1. The van der Waals surface area contributed by atoms with E-state index in [2.05, 4.69) is 5.32 Å². The minimum Gasteiger partial charge on any atom is -0.342 e. The Morgan fingerprint density at radius 1 is 1.07 bits per heavy atom. The van der Waals surface area contributed by atoms with Crippen molar-refractivity contribution in [1.82, 2.24) is 9.80 Å². The first-order chi connectivity index (χ1) is 13.0. The molecular weight excluding hydrogens is 383 g/mol. The van der Waals surface area contributed by atoms with Gasteiger partial charge in [-0.15, -0.1) is 12.4 Å². The number of halogens is 2. The molecule has 4 rings (SSSR count). The first-order valence-electron chi connectivity index (χ1n) is 9.87. The van der Waals surface area contributed by atoms with Gasteiger partial charge in [0.1, 0.15) is 5.82 Å². The van der Waals surface area contributed by atoms with Crippen molar-refractivity contribution >= 4 is 30.0 Å². The lowest BCUT2D eigenvalue weighted by Gasteiger charge is -2.34. The highest BCUT2D eigenvalue weighted by molar-refractivity contribution is 5.90. The average molecular weight is 411 g/mol. The van der Waals surface area contributed by atoms with Crippen LogP contribution in [0.3, 0.4) is 0 Å². The van der Waals surface area contributed by atoms with Gasteiger partial charge in [0.25, 0.3) is 0 Å². The molecule has 1 aromatic carbocycles. The quantitative estimate of drug-likeness (QED) is 0.786. The van der Waals surface area contributed by atoms with Crippen LogP contribution in [0.4, 0.5) is 14.9 Å². The summed E-state index contributed by atoms with van der Waals surface area (Å²) in [6.45, 7) is 2.52. The lowest BCUT2D eigenvalue weighted by molar-refractivity contribution is -0.136. The maximum absolute atomic E-state index is 13.8. The maximum Gasteiger partial charge on any atom is 0.321 e. The summed E-state index contributed by atoms with van der Waals surface area (Å²) in [7, 11) is 0. The second-order valence-electron chi connectivity index (χ2n) is 8.10. The second-order valence-corrected chi connectivity index (χ2v) is 8.10. The Hall–Kier alpha value is -1.86. The second kappa shape index (κ2) is 8.66. The smallest absolute Gasteiger partial charge is 0.321 e. The fraction of sp³-hybridized carbons (Fsp3) is 0.600. The highest BCUT2D eigenvalue weighted by Crippen LogP contribution is 2.38. The molecule has 4 unspecified atom stereocenters. The molecule has 2 heterocycles. The summed E-state index contributed by atoms with van der Waals surface area (Å²) < 4.78 is 13.8. The minimum atomic E-state index is -0.463. The lowest BCUT2D eigenvalue weighted by atomic mass is 9.96. The van der Waals surface area contributed by atoms with Gasteiger partial charge in [0, 0.05) is 32.2 Å². The van der Waals surface area contributed by atoms with Gasteiger partial charge in [-0.3, -0.25) is 4.79 Å². The van der Waals surface area contributed by atoms with Crippen LogP contribution in [0.15, 0.2) is 24.3 Å². The van der Waals surface area contributed by atoms with Gasteiger partial charge in [0.2, 0.25) is 5.91 Å². The van der Waals surface area contributed by atoms with Gasteiger partial charge in [-0.1, -0.05) is 12.1 Å². The van der Waals surface area contributed by atoms with Crippen molar-refractivity contribution < 1.29 is 14.0 Å². The van der Waals surface area contributed by atoms with E-state index in [0.29, 0.717) is 24.9 Å². The highest BCUT2D eigenvalue weighted by Gasteiger charge is 2.44. The van der Waals surface area contributed by atoms with Gasteiger partial charge in [-0.2, -0.15) is 0 Å². The Morgan fingerprint density at radius 3 is 2.61 bits per heavy atom. The zero-order chi connectivity index (χ0) is 19.0. The number of hydrogen-bond donors (Lipinski definition) is 2. The molecule has 28 heavy (non-hydrogen) atoms. The zero-order valence-corrected chi connectivity index (χ0v) is 16.7. The van der Waals surface area contributed by atoms with Gasteiger partial charge in [-0.25, -0.2) is 9.18 Å². The van der Waals surface area contributed by atoms with Crippen molar-refractivity contribution in [3.05, 3.63) is 30.1 Å². The van der Waals surface area contributed by atoms with Gasteiger partial charge >= 0.3 is 6.03 Å². The van der Waals surface area contributed by atoms with Crippen molar-refractivity contribution in [3.8, 4) is 0 Å². The normalized spacial score (nSPS) is 29.2. The summed E-state index contributed by atoms with van der Waals surface area (Å²) in [4.78, 5) is 29.1. The van der Waals surface area contributed by atoms with Gasteiger partial charge in [0.05, 0.1) is 11.6 Å². The molecule has 3 amide bonds. The Morgan fingerprint density at radius 2 is 1.86 bits per heavy atom. The number of likely N-dealkylation sites (tertiary alicyclic amines) is 2. The Kier molecular flexibility index (Phi) is 6.45. The summed E-state index contributed by atoms with van der Waals surface area (Å²) in [5.74, 6) is 0.460. The van der Waals surface area contributed by atoms with Crippen molar-refractivity contribution in [2.75, 3.05) is 31.5 Å². The third-order valence-corrected chi connectivity index (χ3v) is 6.40. The molecule has 2 aliphatic heterocycles. The molecule has 3 N–H and O–H groups in total. The van der Waals surface area contributed by atoms with Crippen molar-refractivity contribution in [3.63, 3.8) is 0 Å². The number of benzene rings is 1. The number of amides is 3. The average Bonchev–Trinajstić information content (AvgIpc) is 3.25. The van der Waals surface area contributed by atoms with Crippen LogP contribution in [-0.4, -0.2) is 54.0 Å². The van der Waals surface area contributed by atoms with Crippen LogP contribution in [0.2, 0.25) is 0 Å². The number of urea groups is 1. The number of hydrogen-bond acceptors (Lipinski definition) is 3. The van der Waals surface area contributed by atoms with E-state index in [9.17, 15) is 14.0 Å². The highest BCUT2D eigenvalue weighted by atomic mass is 35.5. The Labute approximate surface area is 171 Å². The lowest BCUT2D eigenvalue weighted by Crippen LogP contribution is -2.48.